The van der Waals surface area contributed by atoms with E-state index in [0.29, 0.717) is 30.9 Å². The Hall–Kier alpha value is -2.23. The second kappa shape index (κ2) is 8.04. The first kappa shape index (κ1) is 16.6. The van der Waals surface area contributed by atoms with E-state index >= 15 is 0 Å². The summed E-state index contributed by atoms with van der Waals surface area (Å²) in [5.41, 5.74) is 0.994. The average molecular weight is 327 g/mol. The molecule has 1 heterocycles. The zero-order chi connectivity index (χ0) is 16.8. The van der Waals surface area contributed by atoms with Crippen LogP contribution in [0.3, 0.4) is 0 Å². The van der Waals surface area contributed by atoms with E-state index in [2.05, 4.69) is 18.3 Å². The SMILES string of the molecule is CCC1CCC(CNC(=O)OCc2ccccc2)C1c1ccco1. The normalized spacial score (nSPS) is 23.1. The molecule has 1 aromatic heterocycles. The van der Waals surface area contributed by atoms with Crippen LogP contribution in [0.25, 0.3) is 0 Å². The maximum absolute atomic E-state index is 12.0. The molecule has 3 rings (SSSR count). The van der Waals surface area contributed by atoms with Gasteiger partial charge in [-0.25, -0.2) is 4.79 Å². The summed E-state index contributed by atoms with van der Waals surface area (Å²) in [5.74, 6) is 2.47. The molecule has 1 aliphatic rings. The van der Waals surface area contributed by atoms with E-state index in [0.717, 1.165) is 24.2 Å². The lowest BCUT2D eigenvalue weighted by atomic mass is 9.86. The van der Waals surface area contributed by atoms with Crippen molar-refractivity contribution >= 4 is 6.09 Å². The van der Waals surface area contributed by atoms with Crippen molar-refractivity contribution in [2.45, 2.75) is 38.7 Å². The van der Waals surface area contributed by atoms with Gasteiger partial charge in [-0.3, -0.25) is 0 Å². The summed E-state index contributed by atoms with van der Waals surface area (Å²) in [4.78, 5) is 12.0. The minimum Gasteiger partial charge on any atom is -0.469 e. The fraction of sp³-hybridized carbons (Fsp3) is 0.450. The lowest BCUT2D eigenvalue weighted by molar-refractivity contribution is 0.137. The minimum atomic E-state index is -0.350. The molecule has 1 saturated carbocycles. The summed E-state index contributed by atoms with van der Waals surface area (Å²) in [6.45, 7) is 3.16. The van der Waals surface area contributed by atoms with Crippen LogP contribution >= 0.6 is 0 Å². The summed E-state index contributed by atoms with van der Waals surface area (Å²) in [5, 5.41) is 2.93. The van der Waals surface area contributed by atoms with Crippen molar-refractivity contribution in [2.75, 3.05) is 6.54 Å². The number of amides is 1. The first-order valence-corrected chi connectivity index (χ1v) is 8.76. The molecule has 0 saturated heterocycles. The lowest BCUT2D eigenvalue weighted by Gasteiger charge is -2.22. The quantitative estimate of drug-likeness (QED) is 0.835. The van der Waals surface area contributed by atoms with Gasteiger partial charge < -0.3 is 14.5 Å². The Bertz CT molecular complexity index is 624. The Morgan fingerprint density at radius 1 is 1.17 bits per heavy atom. The highest BCUT2D eigenvalue weighted by molar-refractivity contribution is 5.67. The number of hydrogen-bond donors (Lipinski definition) is 1. The molecule has 4 nitrogen and oxygen atoms in total. The molecule has 128 valence electrons. The molecule has 1 N–H and O–H groups in total. The molecule has 3 atom stereocenters. The van der Waals surface area contributed by atoms with Gasteiger partial charge in [-0.05, 0) is 42.4 Å². The molecule has 0 spiro atoms. The summed E-state index contributed by atoms with van der Waals surface area (Å²) >= 11 is 0. The summed E-state index contributed by atoms with van der Waals surface area (Å²) in [6.07, 6.45) is 4.83. The number of carbonyl (C=O) groups is 1. The van der Waals surface area contributed by atoms with Crippen LogP contribution in [-0.4, -0.2) is 12.6 Å². The molecule has 2 aromatic rings. The molecule has 24 heavy (non-hydrogen) atoms. The highest BCUT2D eigenvalue weighted by atomic mass is 16.5. The fourth-order valence-electron chi connectivity index (χ4n) is 3.79. The van der Waals surface area contributed by atoms with Crippen molar-refractivity contribution < 1.29 is 13.9 Å². The second-order valence-corrected chi connectivity index (χ2v) is 6.49. The van der Waals surface area contributed by atoms with Crippen LogP contribution in [0.2, 0.25) is 0 Å². The van der Waals surface area contributed by atoms with Crippen LogP contribution in [0.4, 0.5) is 4.79 Å². The van der Waals surface area contributed by atoms with Gasteiger partial charge in [0.2, 0.25) is 0 Å². The average Bonchev–Trinajstić information content (AvgIpc) is 3.27. The summed E-state index contributed by atoms with van der Waals surface area (Å²) in [6, 6.07) is 13.7. The van der Waals surface area contributed by atoms with Gasteiger partial charge in [0, 0.05) is 12.5 Å². The maximum atomic E-state index is 12.0. The van der Waals surface area contributed by atoms with Crippen LogP contribution in [0.1, 0.15) is 43.4 Å². The number of furan rings is 1. The molecular formula is C20H25NO3. The van der Waals surface area contributed by atoms with Crippen molar-refractivity contribution in [3.05, 3.63) is 60.1 Å². The van der Waals surface area contributed by atoms with Crippen LogP contribution in [0.15, 0.2) is 53.1 Å². The van der Waals surface area contributed by atoms with E-state index in [1.807, 2.05) is 36.4 Å². The maximum Gasteiger partial charge on any atom is 0.407 e. The standard InChI is InChI=1S/C20H25NO3/c1-2-16-10-11-17(19(16)18-9-6-12-23-18)13-21-20(22)24-14-15-7-4-3-5-8-15/h3-9,12,16-17,19H,2,10-11,13-14H2,1H3,(H,21,22). The number of nitrogens with one attached hydrogen (secondary N) is 1. The molecule has 0 aliphatic heterocycles. The molecule has 1 aliphatic carbocycles. The van der Waals surface area contributed by atoms with Crippen molar-refractivity contribution in [3.63, 3.8) is 0 Å². The number of benzene rings is 1. The van der Waals surface area contributed by atoms with Crippen molar-refractivity contribution in [3.8, 4) is 0 Å². The Morgan fingerprint density at radius 2 is 1.96 bits per heavy atom. The third-order valence-corrected chi connectivity index (χ3v) is 5.04. The monoisotopic (exact) mass is 327 g/mol. The molecule has 1 aromatic carbocycles. The van der Waals surface area contributed by atoms with E-state index < -0.39 is 0 Å². The second-order valence-electron chi connectivity index (χ2n) is 6.49. The summed E-state index contributed by atoms with van der Waals surface area (Å²) in [7, 11) is 0. The first-order valence-electron chi connectivity index (χ1n) is 8.76. The zero-order valence-electron chi connectivity index (χ0n) is 14.1. The smallest absolute Gasteiger partial charge is 0.407 e. The highest BCUT2D eigenvalue weighted by Gasteiger charge is 2.37. The number of hydrogen-bond acceptors (Lipinski definition) is 3. The van der Waals surface area contributed by atoms with Crippen LogP contribution in [0.5, 0.6) is 0 Å². The van der Waals surface area contributed by atoms with Gasteiger partial charge in [-0.1, -0.05) is 43.7 Å². The first-order chi connectivity index (χ1) is 11.8. The van der Waals surface area contributed by atoms with Gasteiger partial charge in [0.25, 0.3) is 0 Å². The Kier molecular flexibility index (Phi) is 5.57. The Balaban J connectivity index is 1.50. The minimum absolute atomic E-state index is 0.302. The van der Waals surface area contributed by atoms with Gasteiger partial charge >= 0.3 is 6.09 Å². The van der Waals surface area contributed by atoms with E-state index in [9.17, 15) is 4.79 Å². The zero-order valence-corrected chi connectivity index (χ0v) is 14.1. The van der Waals surface area contributed by atoms with Gasteiger partial charge in [-0.2, -0.15) is 0 Å². The van der Waals surface area contributed by atoms with Gasteiger partial charge in [0.15, 0.2) is 0 Å². The van der Waals surface area contributed by atoms with E-state index in [-0.39, 0.29) is 6.09 Å². The van der Waals surface area contributed by atoms with Crippen molar-refractivity contribution in [1.82, 2.24) is 5.32 Å². The highest BCUT2D eigenvalue weighted by Crippen LogP contribution is 2.45. The predicted octanol–water partition coefficient (Wildman–Crippen LogP) is 4.73. The predicted molar refractivity (Wildman–Crippen MR) is 92.6 cm³/mol. The molecule has 3 unspecified atom stereocenters. The lowest BCUT2D eigenvalue weighted by Crippen LogP contribution is -2.31. The number of carbonyl (C=O) groups excluding carboxylic acids is 1. The molecule has 0 radical (unpaired) electrons. The van der Waals surface area contributed by atoms with E-state index in [1.165, 1.54) is 6.42 Å². The van der Waals surface area contributed by atoms with E-state index in [1.54, 1.807) is 6.26 Å². The largest absolute Gasteiger partial charge is 0.469 e. The molecule has 0 bridgehead atoms. The van der Waals surface area contributed by atoms with Gasteiger partial charge in [-0.15, -0.1) is 0 Å². The van der Waals surface area contributed by atoms with Crippen LogP contribution < -0.4 is 5.32 Å². The number of rotatable bonds is 6. The number of alkyl carbamates (subject to hydrolysis) is 1. The van der Waals surface area contributed by atoms with E-state index in [4.69, 9.17) is 9.15 Å². The Labute approximate surface area is 143 Å². The third-order valence-electron chi connectivity index (χ3n) is 5.04. The molecule has 4 heteroatoms. The van der Waals surface area contributed by atoms with Crippen molar-refractivity contribution in [2.24, 2.45) is 11.8 Å². The van der Waals surface area contributed by atoms with Crippen LogP contribution in [0, 0.1) is 11.8 Å². The van der Waals surface area contributed by atoms with Crippen molar-refractivity contribution in [1.29, 1.82) is 0 Å². The fourth-order valence-corrected chi connectivity index (χ4v) is 3.79. The molecule has 1 fully saturated rings. The summed E-state index contributed by atoms with van der Waals surface area (Å²) < 4.78 is 10.9. The molecule has 1 amide bonds. The van der Waals surface area contributed by atoms with Gasteiger partial charge in [0.05, 0.1) is 6.26 Å². The molecular weight excluding hydrogens is 302 g/mol. The van der Waals surface area contributed by atoms with Gasteiger partial charge in [0.1, 0.15) is 12.4 Å². The topological polar surface area (TPSA) is 51.5 Å². The third kappa shape index (κ3) is 3.99. The van der Waals surface area contributed by atoms with Crippen LogP contribution in [-0.2, 0) is 11.3 Å². The Morgan fingerprint density at radius 3 is 2.67 bits per heavy atom. The number of ether oxygens (including phenoxy) is 1.